The molecular formula is C17H23NO4S. The molecule has 0 aromatic carbocycles. The molecule has 5 nitrogen and oxygen atoms in total. The summed E-state index contributed by atoms with van der Waals surface area (Å²) < 4.78 is 5.35. The minimum Gasteiger partial charge on any atom is -0.456 e. The van der Waals surface area contributed by atoms with Gasteiger partial charge in [-0.15, -0.1) is 11.3 Å². The molecule has 2 heterocycles. The van der Waals surface area contributed by atoms with E-state index in [1.807, 2.05) is 26.8 Å². The topological polar surface area (TPSA) is 63.7 Å². The lowest BCUT2D eigenvalue weighted by Gasteiger charge is -2.20. The number of likely N-dealkylation sites (tertiary alicyclic amines) is 1. The molecule has 23 heavy (non-hydrogen) atoms. The van der Waals surface area contributed by atoms with Crippen LogP contribution >= 0.6 is 11.3 Å². The normalized spacial score (nSPS) is 18.3. The van der Waals surface area contributed by atoms with Gasteiger partial charge in [-0.25, -0.2) is 4.79 Å². The number of hydrogen-bond acceptors (Lipinski definition) is 5. The molecule has 1 amide bonds. The van der Waals surface area contributed by atoms with Crippen molar-refractivity contribution in [2.75, 3.05) is 6.54 Å². The van der Waals surface area contributed by atoms with Gasteiger partial charge in [-0.3, -0.25) is 4.79 Å². The van der Waals surface area contributed by atoms with E-state index in [0.29, 0.717) is 24.3 Å². The maximum absolute atomic E-state index is 12.0. The Morgan fingerprint density at radius 1 is 1.43 bits per heavy atom. The van der Waals surface area contributed by atoms with Crippen LogP contribution in [0.3, 0.4) is 0 Å². The van der Waals surface area contributed by atoms with Crippen LogP contribution in [0.15, 0.2) is 12.1 Å². The van der Waals surface area contributed by atoms with E-state index in [1.165, 1.54) is 11.3 Å². The first-order chi connectivity index (χ1) is 10.8. The smallest absolute Gasteiger partial charge is 0.348 e. The number of aryl methyl sites for hydroxylation is 1. The number of amides is 1. The van der Waals surface area contributed by atoms with E-state index in [-0.39, 0.29) is 17.9 Å². The molecule has 0 aliphatic carbocycles. The molecule has 1 aromatic heterocycles. The lowest BCUT2D eigenvalue weighted by Crippen LogP contribution is -2.34. The highest BCUT2D eigenvalue weighted by Gasteiger charge is 2.29. The van der Waals surface area contributed by atoms with Crippen molar-refractivity contribution >= 4 is 29.5 Å². The number of aldehydes is 1. The highest BCUT2D eigenvalue weighted by molar-refractivity contribution is 7.13. The zero-order valence-corrected chi connectivity index (χ0v) is 14.6. The molecule has 1 atom stereocenters. The predicted molar refractivity (Wildman–Crippen MR) is 88.6 cm³/mol. The Bertz CT molecular complexity index is 588. The van der Waals surface area contributed by atoms with Gasteiger partial charge >= 0.3 is 5.97 Å². The molecule has 126 valence electrons. The summed E-state index contributed by atoms with van der Waals surface area (Å²) in [6, 6.07) is 3.44. The van der Waals surface area contributed by atoms with Crippen molar-refractivity contribution in [1.29, 1.82) is 0 Å². The second kappa shape index (κ2) is 7.25. The van der Waals surface area contributed by atoms with Gasteiger partial charge in [0, 0.05) is 17.8 Å². The van der Waals surface area contributed by atoms with Crippen molar-refractivity contribution in [2.45, 2.75) is 58.1 Å². The number of carbonyl (C=O) groups excluding carboxylic acids is 3. The highest BCUT2D eigenvalue weighted by atomic mass is 32.1. The largest absolute Gasteiger partial charge is 0.456 e. The van der Waals surface area contributed by atoms with E-state index in [0.717, 1.165) is 24.0 Å². The number of ether oxygens (including phenoxy) is 1. The Hall–Kier alpha value is -1.69. The van der Waals surface area contributed by atoms with Gasteiger partial charge in [0.25, 0.3) is 0 Å². The predicted octanol–water partition coefficient (Wildman–Crippen LogP) is 2.83. The molecule has 0 bridgehead atoms. The average Bonchev–Trinajstić information content (AvgIpc) is 3.05. The monoisotopic (exact) mass is 337 g/mol. The van der Waals surface area contributed by atoms with Crippen LogP contribution in [0.25, 0.3) is 0 Å². The molecule has 0 spiro atoms. The summed E-state index contributed by atoms with van der Waals surface area (Å²) in [6.07, 6.45) is 3.51. The number of thiophene rings is 1. The third-order valence-electron chi connectivity index (χ3n) is 3.62. The second-order valence-electron chi connectivity index (χ2n) is 6.70. The molecule has 0 unspecified atom stereocenters. The zero-order chi connectivity index (χ0) is 17.0. The van der Waals surface area contributed by atoms with Gasteiger partial charge in [-0.2, -0.15) is 0 Å². The van der Waals surface area contributed by atoms with Crippen molar-refractivity contribution in [1.82, 2.24) is 4.90 Å². The number of carbonyl (C=O) groups is 3. The number of rotatable bonds is 6. The lowest BCUT2D eigenvalue weighted by molar-refractivity contribution is -0.131. The van der Waals surface area contributed by atoms with Gasteiger partial charge < -0.3 is 14.4 Å². The van der Waals surface area contributed by atoms with Crippen molar-refractivity contribution in [3.05, 3.63) is 21.9 Å². The van der Waals surface area contributed by atoms with E-state index < -0.39 is 5.60 Å². The Balaban J connectivity index is 1.84. The van der Waals surface area contributed by atoms with Crippen molar-refractivity contribution in [2.24, 2.45) is 0 Å². The molecular weight excluding hydrogens is 314 g/mol. The fourth-order valence-corrected chi connectivity index (χ4v) is 3.49. The van der Waals surface area contributed by atoms with Gasteiger partial charge in [0.1, 0.15) is 16.8 Å². The quantitative estimate of drug-likeness (QED) is 0.591. The van der Waals surface area contributed by atoms with E-state index in [2.05, 4.69) is 0 Å². The van der Waals surface area contributed by atoms with Crippen LogP contribution in [0.5, 0.6) is 0 Å². The number of nitrogens with zero attached hydrogens (tertiary/aromatic N) is 1. The summed E-state index contributed by atoms with van der Waals surface area (Å²) in [7, 11) is 0. The van der Waals surface area contributed by atoms with Gasteiger partial charge in [-0.1, -0.05) is 0 Å². The first-order valence-corrected chi connectivity index (χ1v) is 8.68. The zero-order valence-electron chi connectivity index (χ0n) is 13.8. The van der Waals surface area contributed by atoms with Gasteiger partial charge in [0.2, 0.25) is 5.91 Å². The molecule has 0 radical (unpaired) electrons. The van der Waals surface area contributed by atoms with Crippen LogP contribution in [-0.2, 0) is 20.7 Å². The minimum absolute atomic E-state index is 0.0581. The third-order valence-corrected chi connectivity index (χ3v) is 4.74. The number of esters is 1. The summed E-state index contributed by atoms with van der Waals surface area (Å²) in [5.41, 5.74) is -0.499. The fourth-order valence-electron chi connectivity index (χ4n) is 2.56. The fraction of sp³-hybridized carbons (Fsp3) is 0.588. The van der Waals surface area contributed by atoms with Crippen molar-refractivity contribution < 1.29 is 19.1 Å². The summed E-state index contributed by atoms with van der Waals surface area (Å²) in [4.78, 5) is 38.0. The molecule has 1 aliphatic heterocycles. The average molecular weight is 337 g/mol. The Labute approximate surface area is 140 Å². The van der Waals surface area contributed by atoms with Crippen LogP contribution in [-0.4, -0.2) is 41.3 Å². The van der Waals surface area contributed by atoms with Crippen LogP contribution in [0.4, 0.5) is 0 Å². The minimum atomic E-state index is -0.499. The van der Waals surface area contributed by atoms with Crippen LogP contribution in [0, 0.1) is 0 Å². The first-order valence-electron chi connectivity index (χ1n) is 7.87. The van der Waals surface area contributed by atoms with Crippen LogP contribution < -0.4 is 0 Å². The third kappa shape index (κ3) is 4.89. The highest BCUT2D eigenvalue weighted by Crippen LogP contribution is 2.22. The molecule has 0 N–H and O–H groups in total. The molecule has 1 fully saturated rings. The van der Waals surface area contributed by atoms with E-state index >= 15 is 0 Å². The molecule has 2 rings (SSSR count). The standard InChI is InChI=1S/C17H23NO4S/c1-17(2,3)22-16(21)14-8-7-13(23-14)5-4-10-18-12(11-19)6-9-15(18)20/h7-8,11-12H,4-6,9-10H2,1-3H3/t12-/m1/s1. The van der Waals surface area contributed by atoms with Crippen LogP contribution in [0.1, 0.15) is 54.6 Å². The van der Waals surface area contributed by atoms with Gasteiger partial charge in [-0.05, 0) is 52.2 Å². The van der Waals surface area contributed by atoms with Crippen molar-refractivity contribution in [3.8, 4) is 0 Å². The molecule has 6 heteroatoms. The molecule has 1 aromatic rings. The number of hydrogen-bond donors (Lipinski definition) is 0. The Morgan fingerprint density at radius 2 is 2.17 bits per heavy atom. The SMILES string of the molecule is CC(C)(C)OC(=O)c1ccc(CCCN2C(=O)CC[C@@H]2C=O)s1. The van der Waals surface area contributed by atoms with E-state index in [1.54, 1.807) is 11.0 Å². The van der Waals surface area contributed by atoms with Crippen molar-refractivity contribution in [3.63, 3.8) is 0 Å². The van der Waals surface area contributed by atoms with Gasteiger partial charge in [0.05, 0.1) is 6.04 Å². The lowest BCUT2D eigenvalue weighted by atomic mass is 10.2. The second-order valence-corrected chi connectivity index (χ2v) is 7.87. The summed E-state index contributed by atoms with van der Waals surface area (Å²) >= 11 is 1.42. The summed E-state index contributed by atoms with van der Waals surface area (Å²) in [5.74, 6) is -0.243. The maximum atomic E-state index is 12.0. The molecule has 1 aliphatic rings. The molecule has 0 saturated carbocycles. The Morgan fingerprint density at radius 3 is 2.83 bits per heavy atom. The van der Waals surface area contributed by atoms with Gasteiger partial charge in [0.15, 0.2) is 0 Å². The van der Waals surface area contributed by atoms with E-state index in [9.17, 15) is 14.4 Å². The Kier molecular flexibility index (Phi) is 5.57. The van der Waals surface area contributed by atoms with Crippen LogP contribution in [0.2, 0.25) is 0 Å². The molecule has 1 saturated heterocycles. The summed E-state index contributed by atoms with van der Waals surface area (Å²) in [5, 5.41) is 0. The first kappa shape index (κ1) is 17.7. The summed E-state index contributed by atoms with van der Waals surface area (Å²) in [6.45, 7) is 6.11. The van der Waals surface area contributed by atoms with E-state index in [4.69, 9.17) is 4.74 Å². The maximum Gasteiger partial charge on any atom is 0.348 e.